The molecule has 0 spiro atoms. The van der Waals surface area contributed by atoms with E-state index in [1.807, 2.05) is 4.98 Å². The van der Waals surface area contributed by atoms with Crippen molar-refractivity contribution >= 4 is 29.2 Å². The van der Waals surface area contributed by atoms with Gasteiger partial charge in [0.15, 0.2) is 0 Å². The van der Waals surface area contributed by atoms with Crippen molar-refractivity contribution in [1.29, 1.82) is 0 Å². The average molecular weight is 700 g/mol. The van der Waals surface area contributed by atoms with E-state index < -0.39 is 77.4 Å². The number of rotatable bonds is 13. The lowest BCUT2D eigenvalue weighted by Crippen LogP contribution is -2.34. The molecule has 0 saturated carbocycles. The summed E-state index contributed by atoms with van der Waals surface area (Å²) in [6, 6.07) is 4.21. The molecule has 2 heterocycles. The standard InChI is InChI=1S/C21H27N4O17P3/c1-12(15-5-4-13(3-2-6-22)7-16(15)25(29)30)38-10-14-9-24(21(28)23-20(14)27)19-8-17(26)18(40-19)11-39-44(34,35)42-45(36,37)41-43(31,32)33/h4-5,7,9,12,17-19,26H,6,8,10-11,22H2,1H3,(H,34,35)(H,36,37)(H,23,27,28)(H2,31,32,33)/t12?,17-,18-,19-/m1/s1. The summed E-state index contributed by atoms with van der Waals surface area (Å²) in [5, 5.41) is 21.9. The van der Waals surface area contributed by atoms with Crippen molar-refractivity contribution < 1.29 is 65.9 Å². The molecule has 1 aromatic heterocycles. The molecule has 3 unspecified atom stereocenters. The number of aliphatic hydroxyl groups is 1. The largest absolute Gasteiger partial charge is 0.490 e. The van der Waals surface area contributed by atoms with Gasteiger partial charge in [0.25, 0.3) is 11.2 Å². The van der Waals surface area contributed by atoms with Crippen LogP contribution in [-0.4, -0.2) is 64.5 Å². The molecule has 0 amide bonds. The lowest BCUT2D eigenvalue weighted by Gasteiger charge is -2.19. The number of phosphoric acid groups is 3. The van der Waals surface area contributed by atoms with Gasteiger partial charge in [-0.3, -0.25) is 29.0 Å². The number of nitrogens with two attached hydrogens (primary N) is 1. The summed E-state index contributed by atoms with van der Waals surface area (Å²) in [5.41, 5.74) is 3.61. The predicted molar refractivity (Wildman–Crippen MR) is 148 cm³/mol. The number of benzene rings is 1. The smallest absolute Gasteiger partial charge is 0.390 e. The summed E-state index contributed by atoms with van der Waals surface area (Å²) in [4.78, 5) is 74.0. The second-order valence-corrected chi connectivity index (χ2v) is 13.5. The van der Waals surface area contributed by atoms with Gasteiger partial charge >= 0.3 is 29.2 Å². The van der Waals surface area contributed by atoms with Gasteiger partial charge in [0.2, 0.25) is 0 Å². The maximum absolute atomic E-state index is 12.5. The van der Waals surface area contributed by atoms with E-state index in [0.717, 1.165) is 10.8 Å². The first kappa shape index (κ1) is 36.6. The van der Waals surface area contributed by atoms with Crippen LogP contribution < -0.4 is 17.0 Å². The Hall–Kier alpha value is -2.89. The van der Waals surface area contributed by atoms with Crippen LogP contribution in [0.2, 0.25) is 0 Å². The second kappa shape index (κ2) is 14.7. The molecule has 6 atom stereocenters. The van der Waals surface area contributed by atoms with Crippen molar-refractivity contribution in [2.24, 2.45) is 5.73 Å². The molecule has 1 fully saturated rings. The van der Waals surface area contributed by atoms with Gasteiger partial charge in [0.1, 0.15) is 12.3 Å². The van der Waals surface area contributed by atoms with Crippen LogP contribution in [0, 0.1) is 22.0 Å². The van der Waals surface area contributed by atoms with Crippen molar-refractivity contribution in [3.05, 3.63) is 72.0 Å². The van der Waals surface area contributed by atoms with Crippen molar-refractivity contribution in [2.45, 2.75) is 44.5 Å². The second-order valence-electron chi connectivity index (χ2n) is 9.13. The van der Waals surface area contributed by atoms with Gasteiger partial charge in [0.05, 0.1) is 48.0 Å². The first-order valence-electron chi connectivity index (χ1n) is 12.4. The predicted octanol–water partition coefficient (Wildman–Crippen LogP) is 0.0245. The number of aromatic amines is 1. The maximum atomic E-state index is 12.5. The molecule has 21 nitrogen and oxygen atoms in total. The van der Waals surface area contributed by atoms with Crippen LogP contribution in [0.3, 0.4) is 0 Å². The molecule has 1 aromatic carbocycles. The van der Waals surface area contributed by atoms with Gasteiger partial charge in [-0.2, -0.15) is 8.62 Å². The molecule has 0 aliphatic carbocycles. The van der Waals surface area contributed by atoms with E-state index in [1.165, 1.54) is 25.1 Å². The molecule has 8 N–H and O–H groups in total. The summed E-state index contributed by atoms with van der Waals surface area (Å²) in [6.45, 7) is 0.130. The van der Waals surface area contributed by atoms with Crippen LogP contribution in [0.1, 0.15) is 42.4 Å². The SMILES string of the molecule is CC(OCc1cn([C@H]2C[C@@H](O)[C@@H](COP(=O)(O)OP(=O)(O)OP(=O)(O)O)O2)c(=O)[nH]c1=O)c1ccc(C#CCN)cc1[N+](=O)[O-]. The van der Waals surface area contributed by atoms with Crippen LogP contribution in [0.4, 0.5) is 5.69 Å². The molecular formula is C21H27N4O17P3. The molecule has 2 aromatic rings. The van der Waals surface area contributed by atoms with Gasteiger partial charge in [-0.15, -0.1) is 0 Å². The number of aliphatic hydroxyl groups excluding tert-OH is 1. The fourth-order valence-electron chi connectivity index (χ4n) is 3.93. The molecule has 45 heavy (non-hydrogen) atoms. The van der Waals surface area contributed by atoms with Crippen molar-refractivity contribution in [3.63, 3.8) is 0 Å². The van der Waals surface area contributed by atoms with Gasteiger partial charge in [-0.25, -0.2) is 18.5 Å². The zero-order valence-electron chi connectivity index (χ0n) is 22.9. The maximum Gasteiger partial charge on any atom is 0.490 e. The minimum Gasteiger partial charge on any atom is -0.390 e. The van der Waals surface area contributed by atoms with Crippen LogP contribution in [-0.2, 0) is 42.9 Å². The van der Waals surface area contributed by atoms with E-state index in [4.69, 9.17) is 25.0 Å². The molecule has 0 bridgehead atoms. The fourth-order valence-corrected chi connectivity index (χ4v) is 6.96. The first-order chi connectivity index (χ1) is 20.8. The summed E-state index contributed by atoms with van der Waals surface area (Å²) in [5.74, 6) is 5.27. The number of nitrogens with one attached hydrogen (secondary N) is 1. The van der Waals surface area contributed by atoms with Crippen LogP contribution in [0.25, 0.3) is 0 Å². The number of nitro groups is 1. The van der Waals surface area contributed by atoms with Crippen LogP contribution >= 0.6 is 23.5 Å². The van der Waals surface area contributed by atoms with E-state index in [9.17, 15) is 48.3 Å². The number of hydrogen-bond acceptors (Lipinski definition) is 14. The number of nitro benzene ring substituents is 1. The number of hydrogen-bond donors (Lipinski definition) is 7. The van der Waals surface area contributed by atoms with Crippen molar-refractivity contribution in [3.8, 4) is 11.8 Å². The monoisotopic (exact) mass is 700 g/mol. The highest BCUT2D eigenvalue weighted by Crippen LogP contribution is 2.66. The minimum absolute atomic E-state index is 0.0549. The Bertz CT molecular complexity index is 1740. The third kappa shape index (κ3) is 10.6. The Labute approximate surface area is 252 Å². The third-order valence-electron chi connectivity index (χ3n) is 5.86. The summed E-state index contributed by atoms with van der Waals surface area (Å²) >= 11 is 0. The highest BCUT2D eigenvalue weighted by atomic mass is 31.3. The summed E-state index contributed by atoms with van der Waals surface area (Å²) < 4.78 is 57.8. The Morgan fingerprint density at radius 3 is 2.51 bits per heavy atom. The van der Waals surface area contributed by atoms with E-state index >= 15 is 0 Å². The Morgan fingerprint density at radius 1 is 1.20 bits per heavy atom. The molecule has 248 valence electrons. The zero-order chi connectivity index (χ0) is 33.7. The van der Waals surface area contributed by atoms with Crippen LogP contribution in [0.5, 0.6) is 0 Å². The fraction of sp³-hybridized carbons (Fsp3) is 0.429. The van der Waals surface area contributed by atoms with E-state index in [2.05, 4.69) is 25.0 Å². The Balaban J connectivity index is 1.70. The molecular weight excluding hydrogens is 673 g/mol. The number of ether oxygens (including phenoxy) is 2. The number of phosphoric ester groups is 1. The average Bonchev–Trinajstić information content (AvgIpc) is 3.27. The molecule has 24 heteroatoms. The molecule has 0 radical (unpaired) electrons. The van der Waals surface area contributed by atoms with Gasteiger partial charge in [-0.05, 0) is 19.1 Å². The van der Waals surface area contributed by atoms with Gasteiger partial charge in [-0.1, -0.05) is 11.8 Å². The summed E-state index contributed by atoms with van der Waals surface area (Å²) in [6.07, 6.45) is -4.37. The summed E-state index contributed by atoms with van der Waals surface area (Å²) in [7, 11) is -16.9. The molecule has 1 saturated heterocycles. The van der Waals surface area contributed by atoms with Gasteiger partial charge < -0.3 is 39.9 Å². The highest BCUT2D eigenvalue weighted by Gasteiger charge is 2.43. The van der Waals surface area contributed by atoms with Crippen molar-refractivity contribution in [2.75, 3.05) is 13.2 Å². The topological polar surface area (TPSA) is 323 Å². The number of nitrogens with zero attached hydrogens (tertiary/aromatic N) is 2. The third-order valence-corrected chi connectivity index (χ3v) is 9.67. The highest BCUT2D eigenvalue weighted by molar-refractivity contribution is 7.66. The Kier molecular flexibility index (Phi) is 11.9. The van der Waals surface area contributed by atoms with Gasteiger partial charge in [0, 0.05) is 24.2 Å². The normalized spacial score (nSPS) is 21.7. The molecule has 1 aliphatic rings. The lowest BCUT2D eigenvalue weighted by molar-refractivity contribution is -0.386. The van der Waals surface area contributed by atoms with E-state index in [-0.39, 0.29) is 29.8 Å². The molecule has 1 aliphatic heterocycles. The zero-order valence-corrected chi connectivity index (χ0v) is 25.6. The number of aromatic nitrogens is 2. The van der Waals surface area contributed by atoms with Crippen molar-refractivity contribution in [1.82, 2.24) is 9.55 Å². The van der Waals surface area contributed by atoms with E-state index in [1.54, 1.807) is 0 Å². The van der Waals surface area contributed by atoms with E-state index in [0.29, 0.717) is 5.56 Å². The molecule has 3 rings (SSSR count). The Morgan fingerprint density at radius 2 is 1.89 bits per heavy atom. The number of H-pyrrole nitrogens is 1. The van der Waals surface area contributed by atoms with Crippen LogP contribution in [0.15, 0.2) is 34.0 Å². The lowest BCUT2D eigenvalue weighted by atomic mass is 10.1. The first-order valence-corrected chi connectivity index (χ1v) is 16.9. The quantitative estimate of drug-likeness (QED) is 0.0627. The minimum atomic E-state index is -5.78.